The molecule has 0 aromatic carbocycles. The van der Waals surface area contributed by atoms with Crippen molar-refractivity contribution < 1.29 is 9.53 Å². The summed E-state index contributed by atoms with van der Waals surface area (Å²) in [5.74, 6) is 2.63. The van der Waals surface area contributed by atoms with Crippen LogP contribution in [0.4, 0.5) is 0 Å². The molecule has 11 heavy (non-hydrogen) atoms. The molecule has 0 N–H and O–H groups in total. The highest BCUT2D eigenvalue weighted by Gasteiger charge is 2.51. The fourth-order valence-electron chi connectivity index (χ4n) is 3.18. The van der Waals surface area contributed by atoms with Crippen LogP contribution in [0.1, 0.15) is 19.3 Å². The lowest BCUT2D eigenvalue weighted by molar-refractivity contribution is -0.147. The van der Waals surface area contributed by atoms with Gasteiger partial charge in [0, 0.05) is 0 Å². The van der Waals surface area contributed by atoms with Crippen molar-refractivity contribution in [3.63, 3.8) is 0 Å². The van der Waals surface area contributed by atoms with E-state index in [0.29, 0.717) is 11.8 Å². The van der Waals surface area contributed by atoms with E-state index < -0.39 is 0 Å². The molecule has 2 saturated heterocycles. The first-order valence-corrected chi connectivity index (χ1v) is 4.51. The van der Waals surface area contributed by atoms with E-state index in [1.54, 1.807) is 0 Å². The average molecular weight is 152 g/mol. The molecule has 4 bridgehead atoms. The van der Waals surface area contributed by atoms with Crippen molar-refractivity contribution in [3.05, 3.63) is 0 Å². The average Bonchev–Trinajstić information content (AvgIpc) is 2.50. The summed E-state index contributed by atoms with van der Waals surface area (Å²) in [7, 11) is 0. The van der Waals surface area contributed by atoms with E-state index in [-0.39, 0.29) is 5.97 Å². The Balaban J connectivity index is 2.00. The number of ether oxygens (including phenoxy) is 1. The Morgan fingerprint density at radius 3 is 2.64 bits per heavy atom. The smallest absolute Gasteiger partial charge is 0.309 e. The number of rotatable bonds is 0. The van der Waals surface area contributed by atoms with Crippen LogP contribution in [-0.2, 0) is 9.53 Å². The Morgan fingerprint density at radius 1 is 1.09 bits per heavy atom. The van der Waals surface area contributed by atoms with Crippen molar-refractivity contribution in [2.75, 3.05) is 6.61 Å². The van der Waals surface area contributed by atoms with Gasteiger partial charge < -0.3 is 4.74 Å². The molecule has 2 heterocycles. The highest BCUT2D eigenvalue weighted by Crippen LogP contribution is 2.53. The van der Waals surface area contributed by atoms with Gasteiger partial charge >= 0.3 is 5.97 Å². The Bertz CT molecular complexity index is 212. The maximum absolute atomic E-state index is 11.3. The molecule has 4 fully saturated rings. The molecule has 4 rings (SSSR count). The van der Waals surface area contributed by atoms with Crippen molar-refractivity contribution in [1.82, 2.24) is 0 Å². The fraction of sp³-hybridized carbons (Fsp3) is 0.889. The van der Waals surface area contributed by atoms with Crippen LogP contribution in [0.15, 0.2) is 0 Å². The summed E-state index contributed by atoms with van der Waals surface area (Å²) in [4.78, 5) is 11.3. The molecule has 4 unspecified atom stereocenters. The SMILES string of the molecule is O=C1OCC2CC3CC2CC13. The third-order valence-corrected chi connectivity index (χ3v) is 3.75. The summed E-state index contributed by atoms with van der Waals surface area (Å²) in [6.45, 7) is 0.719. The van der Waals surface area contributed by atoms with Gasteiger partial charge in [-0.2, -0.15) is 0 Å². The van der Waals surface area contributed by atoms with E-state index in [1.165, 1.54) is 12.8 Å². The molecule has 60 valence electrons. The summed E-state index contributed by atoms with van der Waals surface area (Å²) in [6.07, 6.45) is 3.71. The molecule has 4 atom stereocenters. The number of fused-ring (bicyclic) bond motifs is 2. The lowest BCUT2D eigenvalue weighted by Crippen LogP contribution is -2.19. The van der Waals surface area contributed by atoms with Crippen molar-refractivity contribution >= 4 is 5.97 Å². The molecule has 0 spiro atoms. The van der Waals surface area contributed by atoms with Crippen LogP contribution in [0, 0.1) is 23.7 Å². The van der Waals surface area contributed by atoms with Gasteiger partial charge in [0.25, 0.3) is 0 Å². The first kappa shape index (κ1) is 6.04. The second kappa shape index (κ2) is 1.79. The number of hydrogen-bond donors (Lipinski definition) is 0. The lowest BCUT2D eigenvalue weighted by Gasteiger charge is -2.17. The van der Waals surface area contributed by atoms with Crippen LogP contribution in [0.5, 0.6) is 0 Å². The summed E-state index contributed by atoms with van der Waals surface area (Å²) >= 11 is 0. The first-order chi connectivity index (χ1) is 5.34. The molecule has 0 radical (unpaired) electrons. The minimum atomic E-state index is 0.0949. The predicted octanol–water partition coefficient (Wildman–Crippen LogP) is 1.21. The van der Waals surface area contributed by atoms with Crippen molar-refractivity contribution in [3.8, 4) is 0 Å². The number of carbonyl (C=O) groups excluding carboxylic acids is 1. The standard InChI is InChI=1S/C9H12O2/c10-9-8-3-5-1-6(8)2-7(5)4-11-9/h5-8H,1-4H2. The van der Waals surface area contributed by atoms with Gasteiger partial charge in [0.2, 0.25) is 0 Å². The fourth-order valence-corrected chi connectivity index (χ4v) is 3.18. The Morgan fingerprint density at radius 2 is 1.91 bits per heavy atom. The van der Waals surface area contributed by atoms with Crippen LogP contribution in [0.2, 0.25) is 0 Å². The van der Waals surface area contributed by atoms with Crippen molar-refractivity contribution in [2.45, 2.75) is 19.3 Å². The normalized spacial score (nSPS) is 52.9. The van der Waals surface area contributed by atoms with E-state index in [2.05, 4.69) is 0 Å². The maximum Gasteiger partial charge on any atom is 0.309 e. The molecular weight excluding hydrogens is 140 g/mol. The molecule has 2 aliphatic heterocycles. The molecule has 2 saturated carbocycles. The van der Waals surface area contributed by atoms with Crippen LogP contribution < -0.4 is 0 Å². The molecule has 0 aromatic rings. The largest absolute Gasteiger partial charge is 0.465 e. The molecule has 0 amide bonds. The van der Waals surface area contributed by atoms with Crippen molar-refractivity contribution in [1.29, 1.82) is 0 Å². The summed E-state index contributed by atoms with van der Waals surface area (Å²) in [6, 6.07) is 0. The molecule has 4 aliphatic rings. The molecule has 2 aliphatic carbocycles. The first-order valence-electron chi connectivity index (χ1n) is 4.51. The second-order valence-corrected chi connectivity index (χ2v) is 4.22. The number of esters is 1. The van der Waals surface area contributed by atoms with E-state index in [0.717, 1.165) is 24.9 Å². The van der Waals surface area contributed by atoms with Crippen LogP contribution >= 0.6 is 0 Å². The maximum atomic E-state index is 11.3. The highest BCUT2D eigenvalue weighted by molar-refractivity contribution is 5.74. The van der Waals surface area contributed by atoms with Crippen LogP contribution in [0.25, 0.3) is 0 Å². The van der Waals surface area contributed by atoms with Crippen LogP contribution in [-0.4, -0.2) is 12.6 Å². The summed E-state index contributed by atoms with van der Waals surface area (Å²) in [5.41, 5.74) is 0. The summed E-state index contributed by atoms with van der Waals surface area (Å²) < 4.78 is 5.15. The minimum absolute atomic E-state index is 0.0949. The third-order valence-electron chi connectivity index (χ3n) is 3.75. The topological polar surface area (TPSA) is 26.3 Å². The van der Waals surface area contributed by atoms with Crippen LogP contribution in [0.3, 0.4) is 0 Å². The zero-order valence-corrected chi connectivity index (χ0v) is 6.45. The van der Waals surface area contributed by atoms with Gasteiger partial charge in [-0.15, -0.1) is 0 Å². The van der Waals surface area contributed by atoms with Gasteiger partial charge in [-0.3, -0.25) is 4.79 Å². The zero-order valence-electron chi connectivity index (χ0n) is 6.45. The minimum Gasteiger partial charge on any atom is -0.465 e. The second-order valence-electron chi connectivity index (χ2n) is 4.22. The molecule has 0 aromatic heterocycles. The Kier molecular flexibility index (Phi) is 0.984. The van der Waals surface area contributed by atoms with E-state index in [4.69, 9.17) is 4.74 Å². The predicted molar refractivity (Wildman–Crippen MR) is 38.8 cm³/mol. The lowest BCUT2D eigenvalue weighted by atomic mass is 9.84. The van der Waals surface area contributed by atoms with Crippen molar-refractivity contribution in [2.24, 2.45) is 23.7 Å². The molecule has 2 nitrogen and oxygen atoms in total. The van der Waals surface area contributed by atoms with Gasteiger partial charge in [0.1, 0.15) is 0 Å². The van der Waals surface area contributed by atoms with E-state index in [1.807, 2.05) is 0 Å². The number of carbonyl (C=O) groups is 1. The van der Waals surface area contributed by atoms with Gasteiger partial charge in [-0.25, -0.2) is 0 Å². The van der Waals surface area contributed by atoms with E-state index in [9.17, 15) is 4.79 Å². The third kappa shape index (κ3) is 0.652. The Labute approximate surface area is 65.9 Å². The quantitative estimate of drug-likeness (QED) is 0.487. The van der Waals surface area contributed by atoms with Gasteiger partial charge in [0.05, 0.1) is 12.5 Å². The van der Waals surface area contributed by atoms with Gasteiger partial charge in [-0.1, -0.05) is 0 Å². The molecule has 2 heteroatoms. The molecular formula is C9H12O2. The highest BCUT2D eigenvalue weighted by atomic mass is 16.5. The Hall–Kier alpha value is -0.530. The summed E-state index contributed by atoms with van der Waals surface area (Å²) in [5, 5.41) is 0. The zero-order chi connectivity index (χ0) is 7.42. The monoisotopic (exact) mass is 152 g/mol. The number of hydrogen-bond acceptors (Lipinski definition) is 2. The van der Waals surface area contributed by atoms with Gasteiger partial charge in [0.15, 0.2) is 0 Å². The van der Waals surface area contributed by atoms with Gasteiger partial charge in [-0.05, 0) is 37.0 Å². The van der Waals surface area contributed by atoms with E-state index >= 15 is 0 Å².